The molecule has 110 valence electrons. The van der Waals surface area contributed by atoms with Crippen LogP contribution in [0.25, 0.3) is 0 Å². The highest BCUT2D eigenvalue weighted by Gasteiger charge is 2.38. The van der Waals surface area contributed by atoms with Crippen LogP contribution >= 0.6 is 0 Å². The Bertz CT molecular complexity index is 335. The van der Waals surface area contributed by atoms with Gasteiger partial charge in [0.2, 0.25) is 5.91 Å². The van der Waals surface area contributed by atoms with Crippen LogP contribution in [-0.2, 0) is 4.79 Å². The Balaban J connectivity index is 1.93. The number of nitrogens with zero attached hydrogens (tertiary/aromatic N) is 2. The van der Waals surface area contributed by atoms with Crippen LogP contribution < -0.4 is 5.43 Å². The van der Waals surface area contributed by atoms with Crippen molar-refractivity contribution in [1.82, 2.24) is 15.3 Å². The molecule has 2 rings (SSSR count). The summed E-state index contributed by atoms with van der Waals surface area (Å²) in [4.78, 5) is 14.2. The second-order valence-corrected chi connectivity index (χ2v) is 6.64. The molecule has 2 atom stereocenters. The van der Waals surface area contributed by atoms with Gasteiger partial charge in [-0.25, -0.2) is 14.8 Å². The molecule has 0 aromatic carbocycles. The Morgan fingerprint density at radius 2 is 2.21 bits per heavy atom. The van der Waals surface area contributed by atoms with E-state index >= 15 is 0 Å². The molecule has 0 radical (unpaired) electrons. The Labute approximate surface area is 115 Å². The molecule has 0 spiro atoms. The number of amides is 1. The minimum absolute atomic E-state index is 0.0639. The number of hydrogen-bond donors (Lipinski definition) is 1. The number of hydrazine groups is 1. The number of halogens is 1. The van der Waals surface area contributed by atoms with Crippen LogP contribution in [0, 0.1) is 5.41 Å². The minimum atomic E-state index is -0.888. The summed E-state index contributed by atoms with van der Waals surface area (Å²) in [5, 5.41) is 2.10. The van der Waals surface area contributed by atoms with E-state index in [1.54, 1.807) is 4.90 Å². The monoisotopic (exact) mass is 271 g/mol. The van der Waals surface area contributed by atoms with Crippen molar-refractivity contribution < 1.29 is 9.18 Å². The van der Waals surface area contributed by atoms with Crippen molar-refractivity contribution in [2.45, 2.75) is 52.2 Å². The van der Waals surface area contributed by atoms with Crippen molar-refractivity contribution in [1.29, 1.82) is 0 Å². The zero-order chi connectivity index (χ0) is 14.0. The number of alkyl halides is 1. The van der Waals surface area contributed by atoms with Gasteiger partial charge in [-0.2, -0.15) is 0 Å². The summed E-state index contributed by atoms with van der Waals surface area (Å²) in [7, 11) is 0. The molecule has 2 aliphatic heterocycles. The highest BCUT2D eigenvalue weighted by Crippen LogP contribution is 2.30. The molecule has 19 heavy (non-hydrogen) atoms. The molecule has 0 aromatic heterocycles. The summed E-state index contributed by atoms with van der Waals surface area (Å²) >= 11 is 0. The van der Waals surface area contributed by atoms with E-state index in [0.717, 1.165) is 25.9 Å². The van der Waals surface area contributed by atoms with Crippen LogP contribution in [0.1, 0.15) is 40.0 Å². The smallest absolute Gasteiger partial charge is 0.241 e. The fourth-order valence-electron chi connectivity index (χ4n) is 3.20. The molecule has 2 heterocycles. The van der Waals surface area contributed by atoms with Crippen molar-refractivity contribution in [3.8, 4) is 0 Å². The molecule has 1 N–H and O–H groups in total. The molecule has 1 unspecified atom stereocenters. The number of likely N-dealkylation sites (tertiary alicyclic amines) is 1. The van der Waals surface area contributed by atoms with E-state index in [1.165, 1.54) is 0 Å². The second-order valence-electron chi connectivity index (χ2n) is 6.64. The molecule has 5 heteroatoms. The number of piperidine rings is 1. The van der Waals surface area contributed by atoms with Gasteiger partial charge in [-0.05, 0) is 24.7 Å². The van der Waals surface area contributed by atoms with Crippen molar-refractivity contribution >= 4 is 5.91 Å². The van der Waals surface area contributed by atoms with Gasteiger partial charge in [-0.1, -0.05) is 20.8 Å². The van der Waals surface area contributed by atoms with Crippen molar-refractivity contribution in [2.75, 3.05) is 26.2 Å². The van der Waals surface area contributed by atoms with E-state index < -0.39 is 6.17 Å². The van der Waals surface area contributed by atoms with E-state index in [0.29, 0.717) is 13.0 Å². The normalized spacial score (nSPS) is 31.7. The van der Waals surface area contributed by atoms with Gasteiger partial charge in [0.05, 0.1) is 6.54 Å². The topological polar surface area (TPSA) is 35.6 Å². The quantitative estimate of drug-likeness (QED) is 0.846. The van der Waals surface area contributed by atoms with Gasteiger partial charge in [-0.3, -0.25) is 4.79 Å². The molecule has 2 aliphatic rings. The van der Waals surface area contributed by atoms with E-state index in [1.807, 2.05) is 13.8 Å². The highest BCUT2D eigenvalue weighted by atomic mass is 19.1. The lowest BCUT2D eigenvalue weighted by Gasteiger charge is -2.40. The van der Waals surface area contributed by atoms with Gasteiger partial charge in [-0.15, -0.1) is 0 Å². The first-order chi connectivity index (χ1) is 8.91. The maximum absolute atomic E-state index is 13.7. The summed E-state index contributed by atoms with van der Waals surface area (Å²) in [5.41, 5.74) is 3.13. The van der Waals surface area contributed by atoms with Crippen LogP contribution in [0.3, 0.4) is 0 Å². The fraction of sp³-hybridized carbons (Fsp3) is 0.929. The Morgan fingerprint density at radius 3 is 2.84 bits per heavy atom. The van der Waals surface area contributed by atoms with Gasteiger partial charge in [0.1, 0.15) is 12.2 Å². The third-order valence-corrected chi connectivity index (χ3v) is 3.94. The van der Waals surface area contributed by atoms with Crippen molar-refractivity contribution in [3.63, 3.8) is 0 Å². The largest absolute Gasteiger partial charge is 0.338 e. The predicted octanol–water partition coefficient (Wildman–Crippen LogP) is 1.57. The van der Waals surface area contributed by atoms with Gasteiger partial charge in [0, 0.05) is 19.6 Å². The SMILES string of the molecule is CCCN1CCC(C(=O)N2C[C@@H](F)CC(C)(C)C2)N1. The standard InChI is InChI=1S/C14H26FN3O/c1-4-6-18-7-5-12(16-18)13(19)17-9-11(15)8-14(2,3)10-17/h11-12,16H,4-10H2,1-3H3/t11-,12?/m0/s1. The van der Waals surface area contributed by atoms with Crippen LogP contribution in [-0.4, -0.2) is 54.2 Å². The molecule has 2 fully saturated rings. The van der Waals surface area contributed by atoms with E-state index in [9.17, 15) is 9.18 Å². The summed E-state index contributed by atoms with van der Waals surface area (Å²) in [6.07, 6.45) is 1.56. The van der Waals surface area contributed by atoms with Crippen molar-refractivity contribution in [3.05, 3.63) is 0 Å². The van der Waals surface area contributed by atoms with Crippen LogP contribution in [0.15, 0.2) is 0 Å². The third-order valence-electron chi connectivity index (χ3n) is 3.94. The maximum atomic E-state index is 13.7. The van der Waals surface area contributed by atoms with Crippen molar-refractivity contribution in [2.24, 2.45) is 5.41 Å². The van der Waals surface area contributed by atoms with Gasteiger partial charge >= 0.3 is 0 Å². The Morgan fingerprint density at radius 1 is 1.47 bits per heavy atom. The minimum Gasteiger partial charge on any atom is -0.338 e. The maximum Gasteiger partial charge on any atom is 0.241 e. The summed E-state index contributed by atoms with van der Waals surface area (Å²) in [5.74, 6) is 0.0639. The third kappa shape index (κ3) is 3.66. The summed E-state index contributed by atoms with van der Waals surface area (Å²) < 4.78 is 13.7. The van der Waals surface area contributed by atoms with Crippen LogP contribution in [0.4, 0.5) is 4.39 Å². The van der Waals surface area contributed by atoms with Gasteiger partial charge < -0.3 is 4.90 Å². The molecule has 0 aromatic rings. The van der Waals surface area contributed by atoms with E-state index in [4.69, 9.17) is 0 Å². The molecular weight excluding hydrogens is 245 g/mol. The summed E-state index contributed by atoms with van der Waals surface area (Å²) in [6, 6.07) is -0.160. The van der Waals surface area contributed by atoms with Gasteiger partial charge in [0.15, 0.2) is 0 Å². The lowest BCUT2D eigenvalue weighted by atomic mass is 9.83. The van der Waals surface area contributed by atoms with Gasteiger partial charge in [0.25, 0.3) is 0 Å². The molecule has 0 aliphatic carbocycles. The first-order valence-electron chi connectivity index (χ1n) is 7.35. The molecule has 0 saturated carbocycles. The molecule has 0 bridgehead atoms. The fourth-order valence-corrected chi connectivity index (χ4v) is 3.20. The lowest BCUT2D eigenvalue weighted by molar-refractivity contribution is -0.138. The predicted molar refractivity (Wildman–Crippen MR) is 73.3 cm³/mol. The summed E-state index contributed by atoms with van der Waals surface area (Å²) in [6.45, 7) is 8.97. The first kappa shape index (κ1) is 14.7. The Kier molecular flexibility index (Phi) is 4.46. The number of hydrogen-bond acceptors (Lipinski definition) is 3. The average Bonchev–Trinajstić information content (AvgIpc) is 2.74. The number of nitrogens with one attached hydrogen (secondary N) is 1. The zero-order valence-electron chi connectivity index (χ0n) is 12.3. The van der Waals surface area contributed by atoms with Crippen LogP contribution in [0.5, 0.6) is 0 Å². The molecule has 1 amide bonds. The van der Waals surface area contributed by atoms with E-state index in [2.05, 4.69) is 17.4 Å². The average molecular weight is 271 g/mol. The lowest BCUT2D eigenvalue weighted by Crippen LogP contribution is -2.54. The molecular formula is C14H26FN3O. The second kappa shape index (κ2) is 5.75. The first-order valence-corrected chi connectivity index (χ1v) is 7.35. The van der Waals surface area contributed by atoms with Crippen LogP contribution in [0.2, 0.25) is 0 Å². The van der Waals surface area contributed by atoms with E-state index in [-0.39, 0.29) is 23.9 Å². The highest BCUT2D eigenvalue weighted by molar-refractivity contribution is 5.82. The zero-order valence-corrected chi connectivity index (χ0v) is 12.3. The molecule has 2 saturated heterocycles. The Hall–Kier alpha value is -0.680. The molecule has 4 nitrogen and oxygen atoms in total. The number of rotatable bonds is 3. The number of carbonyl (C=O) groups is 1. The number of carbonyl (C=O) groups excluding carboxylic acids is 1.